The van der Waals surface area contributed by atoms with Crippen LogP contribution in [0.15, 0.2) is 83.5 Å². The van der Waals surface area contributed by atoms with Crippen molar-refractivity contribution in [2.75, 3.05) is 39.3 Å². The highest BCUT2D eigenvalue weighted by molar-refractivity contribution is 6.30. The highest BCUT2D eigenvalue weighted by atomic mass is 35.5. The van der Waals surface area contributed by atoms with Gasteiger partial charge in [-0.1, -0.05) is 60.1 Å². The van der Waals surface area contributed by atoms with Gasteiger partial charge in [-0.2, -0.15) is 13.2 Å². The Bertz CT molecular complexity index is 1910. The van der Waals surface area contributed by atoms with Crippen LogP contribution >= 0.6 is 11.6 Å². The summed E-state index contributed by atoms with van der Waals surface area (Å²) in [5.41, 5.74) is 1.09. The number of halogens is 4. The van der Waals surface area contributed by atoms with Gasteiger partial charge in [0.1, 0.15) is 36.7 Å². The van der Waals surface area contributed by atoms with Gasteiger partial charge < -0.3 is 30.0 Å². The molecule has 16 heteroatoms. The summed E-state index contributed by atoms with van der Waals surface area (Å²) in [6.07, 6.45) is -3.53. The molecule has 0 unspecified atom stereocenters. The van der Waals surface area contributed by atoms with Crippen molar-refractivity contribution in [2.45, 2.75) is 62.7 Å². The molecule has 5 atom stereocenters. The zero-order valence-corrected chi connectivity index (χ0v) is 31.1. The summed E-state index contributed by atoms with van der Waals surface area (Å²) in [6.45, 7) is 2.62. The number of benzene rings is 2. The molecule has 2 aromatic carbocycles. The van der Waals surface area contributed by atoms with E-state index in [2.05, 4.69) is 15.3 Å². The standard InChI is InChI=1S/C39H44ClF3N6O6/c1-38(2,37-45-19-33(55-37)29-13-12-26(40)18-44-29)49-15-14-48(30(21-49)36(53)46-23-39(41,42)43)20-27(50)17-25(16-24-8-4-3-5-9-24)35(52)47-34-28-10-6-7-11-32(28)54-22-31(34)51/h3-13,18-19,25,27,30-31,34,50-51H,14-17,20-23H2,1-2H3,(H,46,53)(H,47,52)/t25-,27+,30+,31-,34+/m1/s1. The molecule has 12 nitrogen and oxygen atoms in total. The second-order valence-corrected chi connectivity index (χ2v) is 14.9. The van der Waals surface area contributed by atoms with Crippen LogP contribution in [0.25, 0.3) is 11.5 Å². The van der Waals surface area contributed by atoms with Gasteiger partial charge in [-0.25, -0.2) is 4.98 Å². The van der Waals surface area contributed by atoms with E-state index in [-0.39, 0.29) is 39.1 Å². The first kappa shape index (κ1) is 40.1. The molecule has 2 amide bonds. The normalized spacial score (nSPS) is 20.5. The molecule has 1 saturated heterocycles. The Labute approximate surface area is 321 Å². The number of para-hydroxylation sites is 1. The molecule has 294 valence electrons. The minimum Gasteiger partial charge on any atom is -0.490 e. The summed E-state index contributed by atoms with van der Waals surface area (Å²) in [5, 5.41) is 27.8. The lowest BCUT2D eigenvalue weighted by atomic mass is 9.90. The van der Waals surface area contributed by atoms with Crippen molar-refractivity contribution >= 4 is 23.4 Å². The maximum atomic E-state index is 14.0. The van der Waals surface area contributed by atoms with E-state index in [9.17, 15) is 33.0 Å². The maximum absolute atomic E-state index is 14.0. The first-order valence-electron chi connectivity index (χ1n) is 18.0. The first-order chi connectivity index (χ1) is 26.2. The van der Waals surface area contributed by atoms with Crippen molar-refractivity contribution in [1.29, 1.82) is 0 Å². The Kier molecular flexibility index (Phi) is 12.5. The molecule has 4 aromatic rings. The number of carbonyl (C=O) groups excluding carboxylic acids is 2. The number of piperazine rings is 1. The zero-order valence-electron chi connectivity index (χ0n) is 30.4. The number of carbonyl (C=O) groups is 2. The van der Waals surface area contributed by atoms with Gasteiger partial charge in [0.05, 0.1) is 28.9 Å². The Morgan fingerprint density at radius 3 is 2.49 bits per heavy atom. The number of oxazole rings is 1. The number of β-amino-alcohol motifs (C(OH)–C–C–N with tert-alkyl or cyclic N) is 1. The van der Waals surface area contributed by atoms with E-state index in [0.29, 0.717) is 40.2 Å². The highest BCUT2D eigenvalue weighted by Crippen LogP contribution is 2.34. The number of rotatable bonds is 13. The van der Waals surface area contributed by atoms with Gasteiger partial charge in [0.15, 0.2) is 5.76 Å². The Morgan fingerprint density at radius 2 is 1.76 bits per heavy atom. The summed E-state index contributed by atoms with van der Waals surface area (Å²) >= 11 is 5.98. The van der Waals surface area contributed by atoms with E-state index in [1.54, 1.807) is 41.3 Å². The fourth-order valence-electron chi connectivity index (χ4n) is 7.08. The predicted molar refractivity (Wildman–Crippen MR) is 197 cm³/mol. The molecule has 55 heavy (non-hydrogen) atoms. The second-order valence-electron chi connectivity index (χ2n) is 14.4. The molecule has 6 rings (SSSR count). The third-order valence-corrected chi connectivity index (χ3v) is 10.3. The third kappa shape index (κ3) is 10.0. The lowest BCUT2D eigenvalue weighted by Gasteiger charge is -2.46. The molecular weight excluding hydrogens is 741 g/mol. The fourth-order valence-corrected chi connectivity index (χ4v) is 7.19. The number of alkyl halides is 3. The number of hydrogen-bond donors (Lipinski definition) is 4. The van der Waals surface area contributed by atoms with Crippen LogP contribution in [-0.4, -0.2) is 106 Å². The summed E-state index contributed by atoms with van der Waals surface area (Å²) in [6, 6.07) is 17.9. The van der Waals surface area contributed by atoms with Crippen LogP contribution < -0.4 is 15.4 Å². The van der Waals surface area contributed by atoms with Crippen molar-refractivity contribution in [1.82, 2.24) is 30.4 Å². The average molecular weight is 785 g/mol. The number of hydrogen-bond acceptors (Lipinski definition) is 10. The Morgan fingerprint density at radius 1 is 1.02 bits per heavy atom. The summed E-state index contributed by atoms with van der Waals surface area (Å²) in [7, 11) is 0. The fraction of sp³-hybridized carbons (Fsp3) is 0.436. The van der Waals surface area contributed by atoms with Crippen LogP contribution in [-0.2, 0) is 21.5 Å². The summed E-state index contributed by atoms with van der Waals surface area (Å²) in [5.74, 6) is -0.744. The topological polar surface area (TPSA) is 153 Å². The number of pyridine rings is 1. The molecule has 0 bridgehead atoms. The van der Waals surface area contributed by atoms with E-state index in [1.807, 2.05) is 54.4 Å². The summed E-state index contributed by atoms with van der Waals surface area (Å²) < 4.78 is 51.4. The van der Waals surface area contributed by atoms with Crippen LogP contribution in [0.5, 0.6) is 5.75 Å². The van der Waals surface area contributed by atoms with E-state index >= 15 is 0 Å². The molecule has 0 aliphatic carbocycles. The van der Waals surface area contributed by atoms with Gasteiger partial charge >= 0.3 is 6.18 Å². The zero-order chi connectivity index (χ0) is 39.3. The van der Waals surface area contributed by atoms with Crippen molar-refractivity contribution in [3.05, 3.63) is 101 Å². The quantitative estimate of drug-likeness (QED) is 0.152. The monoisotopic (exact) mass is 784 g/mol. The van der Waals surface area contributed by atoms with Gasteiger partial charge in [-0.05, 0) is 50.5 Å². The number of amides is 2. The molecule has 2 aliphatic heterocycles. The number of aromatic nitrogens is 2. The van der Waals surface area contributed by atoms with Gasteiger partial charge in [-0.15, -0.1) is 0 Å². The third-order valence-electron chi connectivity index (χ3n) is 10.1. The first-order valence-corrected chi connectivity index (χ1v) is 18.4. The van der Waals surface area contributed by atoms with Crippen LogP contribution in [0.3, 0.4) is 0 Å². The smallest absolute Gasteiger partial charge is 0.405 e. The molecule has 1 fully saturated rings. The Hall–Kier alpha value is -4.54. The molecule has 2 aliphatic rings. The van der Waals surface area contributed by atoms with Crippen molar-refractivity contribution in [3.8, 4) is 17.2 Å². The van der Waals surface area contributed by atoms with Crippen molar-refractivity contribution in [2.24, 2.45) is 5.92 Å². The minimum absolute atomic E-state index is 0.00467. The SMILES string of the molecule is CC(C)(c1ncc(-c2ccc(Cl)cn2)o1)N1CCN(C[C@@H](O)C[C@@H](Cc2ccccc2)C(=O)N[C@H]2c3ccccc3OC[C@H]2O)[C@H](C(=O)NCC(F)(F)F)C1. The number of nitrogens with one attached hydrogen (secondary N) is 2. The largest absolute Gasteiger partial charge is 0.490 e. The lowest BCUT2D eigenvalue weighted by molar-refractivity contribution is -0.144. The Balaban J connectivity index is 1.18. The number of aliphatic hydroxyl groups is 2. The van der Waals surface area contributed by atoms with E-state index in [0.717, 1.165) is 5.56 Å². The molecule has 0 saturated carbocycles. The number of aliphatic hydroxyl groups excluding tert-OH is 2. The van der Waals surface area contributed by atoms with Gasteiger partial charge in [0, 0.05) is 43.9 Å². The summed E-state index contributed by atoms with van der Waals surface area (Å²) in [4.78, 5) is 39.7. The number of fused-ring (bicyclic) bond motifs is 1. The van der Waals surface area contributed by atoms with Gasteiger partial charge in [-0.3, -0.25) is 24.4 Å². The number of nitrogens with zero attached hydrogens (tertiary/aromatic N) is 4. The predicted octanol–water partition coefficient (Wildman–Crippen LogP) is 4.51. The highest BCUT2D eigenvalue weighted by Gasteiger charge is 2.43. The van der Waals surface area contributed by atoms with Crippen LogP contribution in [0, 0.1) is 5.92 Å². The van der Waals surface area contributed by atoms with Crippen molar-refractivity contribution < 1.29 is 42.1 Å². The molecule has 4 heterocycles. The van der Waals surface area contributed by atoms with E-state index in [4.69, 9.17) is 20.8 Å². The lowest BCUT2D eigenvalue weighted by Crippen LogP contribution is -2.63. The molecule has 0 radical (unpaired) electrons. The van der Waals surface area contributed by atoms with Gasteiger partial charge in [0.25, 0.3) is 0 Å². The van der Waals surface area contributed by atoms with Crippen LogP contribution in [0.2, 0.25) is 5.02 Å². The van der Waals surface area contributed by atoms with E-state index < -0.39 is 60.3 Å². The average Bonchev–Trinajstić information content (AvgIpc) is 3.67. The van der Waals surface area contributed by atoms with Crippen molar-refractivity contribution in [3.63, 3.8) is 0 Å². The van der Waals surface area contributed by atoms with E-state index in [1.165, 1.54) is 12.4 Å². The molecule has 2 aromatic heterocycles. The number of ether oxygens (including phenoxy) is 1. The molecule has 0 spiro atoms. The molecule has 4 N–H and O–H groups in total. The second kappa shape index (κ2) is 17.1. The van der Waals surface area contributed by atoms with Gasteiger partial charge in [0.2, 0.25) is 17.7 Å². The van der Waals surface area contributed by atoms with Crippen LogP contribution in [0.1, 0.15) is 43.3 Å². The maximum Gasteiger partial charge on any atom is 0.405 e. The molecular formula is C39H44ClF3N6O6. The van der Waals surface area contributed by atoms with Crippen LogP contribution in [0.4, 0.5) is 13.2 Å². The minimum atomic E-state index is -4.63.